The number of halogens is 7. The quantitative estimate of drug-likeness (QED) is 0.455. The van der Waals surface area contributed by atoms with Crippen LogP contribution in [-0.4, -0.2) is 46.6 Å². The molecule has 1 fully saturated rings. The number of aliphatic hydroxyl groups is 1. The minimum atomic E-state index is -4.62. The van der Waals surface area contributed by atoms with Gasteiger partial charge in [0.25, 0.3) is 0 Å². The summed E-state index contributed by atoms with van der Waals surface area (Å²) >= 11 is 0.596. The van der Waals surface area contributed by atoms with Gasteiger partial charge < -0.3 is 14.6 Å². The van der Waals surface area contributed by atoms with E-state index >= 15 is 0 Å². The van der Waals surface area contributed by atoms with Gasteiger partial charge in [0.1, 0.15) is 12.0 Å². The predicted octanol–water partition coefficient (Wildman–Crippen LogP) is 4.88. The minimum absolute atomic E-state index is 0.216. The number of thioether (sulfide) groups is 1. The molecule has 13 heteroatoms. The Morgan fingerprint density at radius 1 is 0.824 bits per heavy atom. The Balaban J connectivity index is 1.64. The third kappa shape index (κ3) is 6.00. The van der Waals surface area contributed by atoms with Gasteiger partial charge in [-0.25, -0.2) is 14.0 Å². The number of carbonyl (C=O) groups is 2. The number of esters is 2. The van der Waals surface area contributed by atoms with Crippen molar-refractivity contribution in [2.75, 3.05) is 6.61 Å². The van der Waals surface area contributed by atoms with Gasteiger partial charge >= 0.3 is 24.3 Å². The molecule has 1 aliphatic heterocycles. The SMILES string of the molecule is O=C(OC[C@H]1SC(O)[C@@H](F)[C@@H]1OC(=O)c1ccc(C(F)(F)F)cc1)c1ccc(C(F)(F)F)cc1. The molecule has 0 bridgehead atoms. The van der Waals surface area contributed by atoms with Crippen molar-refractivity contribution in [3.8, 4) is 0 Å². The molecule has 3 rings (SSSR count). The van der Waals surface area contributed by atoms with Gasteiger partial charge in [0.05, 0.1) is 27.5 Å². The van der Waals surface area contributed by atoms with Crippen LogP contribution in [0.2, 0.25) is 0 Å². The van der Waals surface area contributed by atoms with E-state index in [0.717, 1.165) is 24.3 Å². The molecule has 0 aromatic heterocycles. The predicted molar refractivity (Wildman–Crippen MR) is 105 cm³/mol. The van der Waals surface area contributed by atoms with Crippen molar-refractivity contribution in [2.45, 2.75) is 35.3 Å². The van der Waals surface area contributed by atoms with Crippen molar-refractivity contribution >= 4 is 23.7 Å². The van der Waals surface area contributed by atoms with E-state index in [0.29, 0.717) is 36.0 Å². The first-order valence-electron chi connectivity index (χ1n) is 9.47. The molecule has 1 N–H and O–H groups in total. The zero-order chi connectivity index (χ0) is 25.3. The Hall–Kier alpha value is -2.80. The van der Waals surface area contributed by atoms with Crippen molar-refractivity contribution in [2.24, 2.45) is 0 Å². The summed E-state index contributed by atoms with van der Waals surface area (Å²) in [6, 6.07) is 6.11. The molecular formula is C21H15F7O5S. The van der Waals surface area contributed by atoms with Crippen LogP contribution < -0.4 is 0 Å². The van der Waals surface area contributed by atoms with E-state index in [1.807, 2.05) is 0 Å². The Kier molecular flexibility index (Phi) is 7.46. The molecule has 2 aromatic rings. The second kappa shape index (κ2) is 9.82. The molecule has 1 heterocycles. The number of hydrogen-bond donors (Lipinski definition) is 1. The molecule has 1 aliphatic rings. The third-order valence-electron chi connectivity index (χ3n) is 4.78. The molecule has 184 valence electrons. The maximum absolute atomic E-state index is 14.4. The molecule has 4 atom stereocenters. The van der Waals surface area contributed by atoms with Gasteiger partial charge in [0, 0.05) is 0 Å². The van der Waals surface area contributed by atoms with Crippen LogP contribution in [0.25, 0.3) is 0 Å². The summed E-state index contributed by atoms with van der Waals surface area (Å²) in [7, 11) is 0. The normalized spacial score (nSPS) is 22.9. The first-order chi connectivity index (χ1) is 15.8. The largest absolute Gasteiger partial charge is 0.461 e. The summed E-state index contributed by atoms with van der Waals surface area (Å²) in [6.07, 6.45) is -12.9. The van der Waals surface area contributed by atoms with E-state index in [-0.39, 0.29) is 11.1 Å². The zero-order valence-electron chi connectivity index (χ0n) is 16.8. The molecule has 0 saturated carbocycles. The second-order valence-electron chi connectivity index (χ2n) is 7.13. The number of alkyl halides is 7. The van der Waals surface area contributed by atoms with E-state index in [9.17, 15) is 45.4 Å². The van der Waals surface area contributed by atoms with E-state index in [1.54, 1.807) is 0 Å². The lowest BCUT2D eigenvalue weighted by atomic mass is 10.1. The van der Waals surface area contributed by atoms with Crippen LogP contribution >= 0.6 is 11.8 Å². The summed E-state index contributed by atoms with van der Waals surface area (Å²) < 4.78 is 100. The number of ether oxygens (including phenoxy) is 2. The standard InChI is InChI=1S/C21H15F7O5S/c22-15-16(33-18(30)11-3-7-13(8-4-11)21(26,27)28)14(34-19(15)31)9-32-17(29)10-1-5-12(6-2-10)20(23,24)25/h1-8,14-16,19,31H,9H2/t14-,15+,16-,19?/m1/s1. The highest BCUT2D eigenvalue weighted by Crippen LogP contribution is 2.38. The minimum Gasteiger partial charge on any atom is -0.461 e. The van der Waals surface area contributed by atoms with Gasteiger partial charge in [-0.3, -0.25) is 0 Å². The third-order valence-corrected chi connectivity index (χ3v) is 6.08. The molecule has 1 saturated heterocycles. The number of hydrogen-bond acceptors (Lipinski definition) is 6. The molecule has 34 heavy (non-hydrogen) atoms. The monoisotopic (exact) mass is 512 g/mol. The van der Waals surface area contributed by atoms with Crippen molar-refractivity contribution < 1.29 is 54.9 Å². The maximum Gasteiger partial charge on any atom is 0.416 e. The van der Waals surface area contributed by atoms with Crippen LogP contribution in [0, 0.1) is 0 Å². The lowest BCUT2D eigenvalue weighted by Crippen LogP contribution is -2.36. The second-order valence-corrected chi connectivity index (χ2v) is 8.49. The van der Waals surface area contributed by atoms with E-state index in [1.165, 1.54) is 0 Å². The molecule has 1 unspecified atom stereocenters. The highest BCUT2D eigenvalue weighted by Gasteiger charge is 2.47. The molecule has 0 aliphatic carbocycles. The van der Waals surface area contributed by atoms with Crippen LogP contribution in [0.1, 0.15) is 31.8 Å². The molecular weight excluding hydrogens is 497 g/mol. The summed E-state index contributed by atoms with van der Waals surface area (Å²) in [5, 5.41) is 8.68. The summed E-state index contributed by atoms with van der Waals surface area (Å²) in [5.41, 5.74) is -4.14. The first-order valence-corrected chi connectivity index (χ1v) is 10.4. The highest BCUT2D eigenvalue weighted by molar-refractivity contribution is 8.00. The highest BCUT2D eigenvalue weighted by atomic mass is 32.2. The smallest absolute Gasteiger partial charge is 0.416 e. The summed E-state index contributed by atoms with van der Waals surface area (Å²) in [6.45, 7) is -0.563. The number of rotatable bonds is 5. The number of carbonyl (C=O) groups excluding carboxylic acids is 2. The van der Waals surface area contributed by atoms with Crippen LogP contribution in [-0.2, 0) is 21.8 Å². The fourth-order valence-electron chi connectivity index (χ4n) is 3.00. The first kappa shape index (κ1) is 25.8. The van der Waals surface area contributed by atoms with Gasteiger partial charge in [0.15, 0.2) is 12.3 Å². The van der Waals surface area contributed by atoms with Crippen LogP contribution in [0.5, 0.6) is 0 Å². The molecule has 5 nitrogen and oxygen atoms in total. The average molecular weight is 512 g/mol. The Morgan fingerprint density at radius 3 is 1.71 bits per heavy atom. The van der Waals surface area contributed by atoms with Gasteiger partial charge in [0.2, 0.25) is 0 Å². The van der Waals surface area contributed by atoms with Crippen molar-refractivity contribution in [1.29, 1.82) is 0 Å². The van der Waals surface area contributed by atoms with E-state index < -0.39 is 65.0 Å². The van der Waals surface area contributed by atoms with Gasteiger partial charge in [-0.15, -0.1) is 11.8 Å². The molecule has 0 radical (unpaired) electrons. The van der Waals surface area contributed by atoms with E-state index in [4.69, 9.17) is 9.47 Å². The fraction of sp³-hybridized carbons (Fsp3) is 0.333. The van der Waals surface area contributed by atoms with Crippen molar-refractivity contribution in [3.63, 3.8) is 0 Å². The number of aliphatic hydroxyl groups excluding tert-OH is 1. The van der Waals surface area contributed by atoms with Gasteiger partial charge in [-0.2, -0.15) is 26.3 Å². The molecule has 0 amide bonds. The van der Waals surface area contributed by atoms with Crippen LogP contribution in [0.15, 0.2) is 48.5 Å². The summed E-state index contributed by atoms with van der Waals surface area (Å²) in [4.78, 5) is 24.4. The molecule has 2 aromatic carbocycles. The Morgan fingerprint density at radius 2 is 1.26 bits per heavy atom. The van der Waals surface area contributed by atoms with Crippen molar-refractivity contribution in [3.05, 3.63) is 70.8 Å². The van der Waals surface area contributed by atoms with Gasteiger partial charge in [-0.05, 0) is 48.5 Å². The molecule has 0 spiro atoms. The Bertz CT molecular complexity index is 1020. The van der Waals surface area contributed by atoms with Crippen LogP contribution in [0.4, 0.5) is 30.7 Å². The van der Waals surface area contributed by atoms with Crippen molar-refractivity contribution in [1.82, 2.24) is 0 Å². The topological polar surface area (TPSA) is 72.8 Å². The number of benzene rings is 2. The fourth-order valence-corrected chi connectivity index (χ4v) is 4.17. The lowest BCUT2D eigenvalue weighted by molar-refractivity contribution is -0.138. The zero-order valence-corrected chi connectivity index (χ0v) is 17.6. The summed E-state index contributed by atoms with van der Waals surface area (Å²) in [5.74, 6) is -2.19. The maximum atomic E-state index is 14.4. The lowest BCUT2D eigenvalue weighted by Gasteiger charge is -2.20. The average Bonchev–Trinajstić information content (AvgIpc) is 3.04. The van der Waals surface area contributed by atoms with Gasteiger partial charge in [-0.1, -0.05) is 0 Å². The van der Waals surface area contributed by atoms with E-state index in [2.05, 4.69) is 0 Å². The Labute approximate surface area is 191 Å². The van der Waals surface area contributed by atoms with Crippen LogP contribution in [0.3, 0.4) is 0 Å².